The van der Waals surface area contributed by atoms with E-state index in [0.29, 0.717) is 0 Å². The smallest absolute Gasteiger partial charge is 0.145 e. The summed E-state index contributed by atoms with van der Waals surface area (Å²) in [5, 5.41) is 0. The average Bonchev–Trinajstić information content (AvgIpc) is 3.87. The van der Waals surface area contributed by atoms with Gasteiger partial charge >= 0.3 is 0 Å². The Balaban J connectivity index is 0.000000278. The minimum atomic E-state index is 0. The second kappa shape index (κ2) is 24.7. The van der Waals surface area contributed by atoms with Gasteiger partial charge in [-0.1, -0.05) is 117 Å². The summed E-state index contributed by atoms with van der Waals surface area (Å²) in [6, 6.07) is 51.4. The SMILES string of the molecule is Brc1cc[c-]c(N2[CH-]N(c3ccccc3)c3nccnc32)c1.C.Cc1cccc(C)c1-c1cc[c-]c(N2[CH-]N(c3ccccc3)c3nccnc32)c1.O.O.[B]c1c(C)cccc1C.[Ir].[Ir]. The summed E-state index contributed by atoms with van der Waals surface area (Å²) in [6.45, 7) is 12.3. The van der Waals surface area contributed by atoms with Gasteiger partial charge in [-0.2, -0.15) is 36.4 Å². The van der Waals surface area contributed by atoms with Crippen LogP contribution >= 0.6 is 15.9 Å². The quantitative estimate of drug-likeness (QED) is 0.123. The molecule has 10 rings (SSSR count). The maximum Gasteiger partial charge on any atom is 0.145 e. The average molecular weight is 1280 g/mol. The van der Waals surface area contributed by atoms with Crippen LogP contribution in [0.1, 0.15) is 29.7 Å². The third-order valence-corrected chi connectivity index (χ3v) is 10.6. The van der Waals surface area contributed by atoms with E-state index in [2.05, 4.69) is 109 Å². The van der Waals surface area contributed by atoms with Crippen molar-refractivity contribution in [3.05, 3.63) is 210 Å². The van der Waals surface area contributed by atoms with Gasteiger partial charge in [0.1, 0.15) is 31.1 Å². The molecule has 0 saturated heterocycles. The molecule has 4 radical (unpaired) electrons. The summed E-state index contributed by atoms with van der Waals surface area (Å²) >= 11 is 3.50. The Morgan fingerprint density at radius 1 is 0.492 bits per heavy atom. The zero-order chi connectivity index (χ0) is 41.6. The maximum atomic E-state index is 5.68. The molecule has 65 heavy (non-hydrogen) atoms. The third kappa shape index (κ3) is 12.0. The van der Waals surface area contributed by atoms with Crippen LogP contribution in [0.5, 0.6) is 0 Å². The fourth-order valence-electron chi connectivity index (χ4n) is 7.10. The molecule has 0 bridgehead atoms. The van der Waals surface area contributed by atoms with E-state index in [9.17, 15) is 0 Å². The number of hydrogen-bond donors (Lipinski definition) is 0. The number of nitrogens with zero attached hydrogens (tertiary/aromatic N) is 8. The predicted octanol–water partition coefficient (Wildman–Crippen LogP) is 10.5. The van der Waals surface area contributed by atoms with Crippen LogP contribution in [0.25, 0.3) is 11.1 Å². The summed E-state index contributed by atoms with van der Waals surface area (Å²) in [5.74, 6) is 3.21. The second-order valence-electron chi connectivity index (χ2n) is 14.2. The molecule has 0 aliphatic carbocycles. The summed E-state index contributed by atoms with van der Waals surface area (Å²) in [4.78, 5) is 26.3. The van der Waals surface area contributed by atoms with Gasteiger partial charge in [-0.15, -0.1) is 42.4 Å². The van der Waals surface area contributed by atoms with Crippen molar-refractivity contribution in [3.8, 4) is 11.1 Å². The Hall–Kier alpha value is -5.56. The van der Waals surface area contributed by atoms with Crippen LogP contribution < -0.4 is 25.1 Å². The van der Waals surface area contributed by atoms with Gasteiger partial charge in [0, 0.05) is 76.4 Å². The number of rotatable bonds is 5. The number of anilines is 8. The van der Waals surface area contributed by atoms with Crippen LogP contribution in [-0.4, -0.2) is 38.7 Å². The predicted molar refractivity (Wildman–Crippen MR) is 263 cm³/mol. The first-order chi connectivity index (χ1) is 29.3. The Bertz CT molecular complexity index is 2720. The standard InChI is InChI=1S/C25H20N4.C17H11BrN4.C8H9B.CH4.2Ir.2H2O/c1-18-8-6-9-19(2)23(18)20-10-7-13-22(16-20)29-17-28(21-11-4-3-5-12-21)24-25(29)27-15-14-26-24;18-13-5-4-8-15(11-13)22-12-21(14-6-2-1-3-7-14)16-17(22)20-10-9-19-16;1-6-4-3-5-7(2)8(6)9;;;;;/h3-12,14-17H,1-2H3;1-7,9-12H;3-5H,1-2H3;1H4;;;2*1H2/q2*-2;;;;;;. The molecule has 2 aliphatic heterocycles. The van der Waals surface area contributed by atoms with E-state index >= 15 is 0 Å². The summed E-state index contributed by atoms with van der Waals surface area (Å²) < 4.78 is 0.998. The van der Waals surface area contributed by atoms with E-state index in [0.717, 1.165) is 67.1 Å². The molecule has 8 aromatic rings. The normalized spacial score (nSPS) is 11.6. The topological polar surface area (TPSA) is 128 Å². The third-order valence-electron chi connectivity index (χ3n) is 10.1. The number of para-hydroxylation sites is 2. The second-order valence-corrected chi connectivity index (χ2v) is 15.1. The van der Waals surface area contributed by atoms with Gasteiger partial charge in [-0.25, -0.2) is 19.9 Å². The van der Waals surface area contributed by atoms with Crippen LogP contribution in [0.4, 0.5) is 46.0 Å². The van der Waals surface area contributed by atoms with E-state index in [4.69, 9.17) is 7.85 Å². The van der Waals surface area contributed by atoms with E-state index in [1.165, 1.54) is 22.3 Å². The fraction of sp³-hybridized carbons (Fsp3) is 0.0980. The Morgan fingerprint density at radius 3 is 1.29 bits per heavy atom. The molecule has 10 nitrogen and oxygen atoms in total. The Morgan fingerprint density at radius 2 is 0.877 bits per heavy atom. The van der Waals surface area contributed by atoms with Crippen molar-refractivity contribution in [3.63, 3.8) is 0 Å². The number of fused-ring (bicyclic) bond motifs is 2. The van der Waals surface area contributed by atoms with E-state index in [-0.39, 0.29) is 58.6 Å². The molecule has 0 atom stereocenters. The van der Waals surface area contributed by atoms with E-state index in [1.807, 2.05) is 133 Å². The van der Waals surface area contributed by atoms with Crippen molar-refractivity contribution in [1.82, 2.24) is 19.9 Å². The van der Waals surface area contributed by atoms with Crippen LogP contribution in [-0.2, 0) is 40.2 Å². The zero-order valence-electron chi connectivity index (χ0n) is 35.4. The molecule has 336 valence electrons. The van der Waals surface area contributed by atoms with Crippen molar-refractivity contribution >= 4 is 75.3 Å². The number of aromatic nitrogens is 4. The van der Waals surface area contributed by atoms with Crippen molar-refractivity contribution < 1.29 is 51.2 Å². The monoisotopic (exact) mass is 1280 g/mol. The Kier molecular flexibility index (Phi) is 20.4. The molecule has 2 aromatic heterocycles. The first-order valence-electron chi connectivity index (χ1n) is 19.4. The van der Waals surface area contributed by atoms with Gasteiger partial charge in [-0.05, 0) is 68.7 Å². The van der Waals surface area contributed by atoms with Gasteiger partial charge in [0.2, 0.25) is 0 Å². The number of aryl methyl sites for hydroxylation is 4. The molecule has 6 aromatic carbocycles. The maximum absolute atomic E-state index is 5.68. The minimum Gasteiger partial charge on any atom is -0.477 e. The van der Waals surface area contributed by atoms with Gasteiger partial charge in [0.05, 0.1) is 0 Å². The fourth-order valence-corrected chi connectivity index (χ4v) is 7.44. The van der Waals surface area contributed by atoms with Crippen LogP contribution in [0.3, 0.4) is 0 Å². The largest absolute Gasteiger partial charge is 0.477 e. The van der Waals surface area contributed by atoms with Crippen LogP contribution in [0, 0.1) is 53.2 Å². The van der Waals surface area contributed by atoms with Crippen molar-refractivity contribution in [2.45, 2.75) is 35.1 Å². The minimum absolute atomic E-state index is 0. The number of hydrogen-bond acceptors (Lipinski definition) is 8. The number of benzene rings is 6. The van der Waals surface area contributed by atoms with Gasteiger partial charge < -0.3 is 30.6 Å². The van der Waals surface area contributed by atoms with Gasteiger partial charge in [0.15, 0.2) is 0 Å². The van der Waals surface area contributed by atoms with Gasteiger partial charge in [0.25, 0.3) is 0 Å². The van der Waals surface area contributed by atoms with Crippen LogP contribution in [0.15, 0.2) is 163 Å². The molecule has 14 heteroatoms. The van der Waals surface area contributed by atoms with Gasteiger partial charge in [-0.3, -0.25) is 0 Å². The molecular weight excluding hydrogens is 1230 g/mol. The zero-order valence-corrected chi connectivity index (χ0v) is 41.7. The first-order valence-corrected chi connectivity index (χ1v) is 20.2. The first kappa shape index (κ1) is 53.8. The van der Waals surface area contributed by atoms with Crippen molar-refractivity contribution in [2.24, 2.45) is 0 Å². The van der Waals surface area contributed by atoms with Crippen molar-refractivity contribution in [1.29, 1.82) is 0 Å². The van der Waals surface area contributed by atoms with E-state index < -0.39 is 0 Å². The Labute approximate surface area is 419 Å². The molecular formula is C51H48BBrIr2N8O2-4. The molecule has 0 saturated carbocycles. The van der Waals surface area contributed by atoms with Crippen LogP contribution in [0.2, 0.25) is 0 Å². The molecule has 4 N–H and O–H groups in total. The summed E-state index contributed by atoms with van der Waals surface area (Å²) in [7, 11) is 5.68. The summed E-state index contributed by atoms with van der Waals surface area (Å²) in [5.41, 5.74) is 12.1. The molecule has 0 unspecified atom stereocenters. The van der Waals surface area contributed by atoms with Crippen molar-refractivity contribution in [2.75, 3.05) is 19.6 Å². The number of halogens is 1. The molecule has 0 spiro atoms. The molecule has 0 amide bonds. The molecule has 4 heterocycles. The summed E-state index contributed by atoms with van der Waals surface area (Å²) in [6.07, 6.45) is 6.86. The van der Waals surface area contributed by atoms with E-state index in [1.54, 1.807) is 24.8 Å². The molecule has 0 fully saturated rings. The molecule has 2 aliphatic rings.